The number of halogens is 5. The van der Waals surface area contributed by atoms with Crippen molar-refractivity contribution in [3.63, 3.8) is 0 Å². The lowest BCUT2D eigenvalue weighted by Crippen LogP contribution is -2.56. The third-order valence-corrected chi connectivity index (χ3v) is 12.3. The minimum atomic E-state index is -4.84. The molecule has 0 saturated heterocycles. The number of hydrogen-bond donors (Lipinski definition) is 2. The zero-order chi connectivity index (χ0) is 32.0. The van der Waals surface area contributed by atoms with Crippen LogP contribution >= 0.6 is 11.6 Å². The van der Waals surface area contributed by atoms with E-state index in [0.717, 1.165) is 30.5 Å². The predicted octanol–water partition coefficient (Wildman–Crippen LogP) is 6.99. The maximum absolute atomic E-state index is 14.2. The van der Waals surface area contributed by atoms with Gasteiger partial charge in [-0.3, -0.25) is 9.10 Å². The van der Waals surface area contributed by atoms with Gasteiger partial charge in [-0.2, -0.15) is 13.2 Å². The highest BCUT2D eigenvalue weighted by atomic mass is 35.5. The molecule has 3 saturated carbocycles. The Bertz CT molecular complexity index is 1760. The predicted molar refractivity (Wildman–Crippen MR) is 160 cm³/mol. The topological polar surface area (TPSA) is 86.7 Å². The van der Waals surface area contributed by atoms with E-state index in [-0.39, 0.29) is 35.1 Å². The Kier molecular flexibility index (Phi) is 6.90. The lowest BCUT2D eigenvalue weighted by Gasteiger charge is -2.47. The number of carbonyl (C=O) groups excluding carboxylic acids is 1. The minimum Gasteiger partial charge on any atom is -0.380 e. The first-order valence-electron chi connectivity index (χ1n) is 15.0. The van der Waals surface area contributed by atoms with Crippen LogP contribution in [0.5, 0.6) is 0 Å². The number of amides is 1. The van der Waals surface area contributed by atoms with E-state index < -0.39 is 57.5 Å². The number of carbonyl (C=O) groups is 1. The molecule has 3 aromatic carbocycles. The van der Waals surface area contributed by atoms with Gasteiger partial charge in [-0.05, 0) is 123 Å². The number of benzene rings is 3. The summed E-state index contributed by atoms with van der Waals surface area (Å²) in [6.07, 6.45) is -3.45. The van der Waals surface area contributed by atoms with E-state index in [1.807, 2.05) is 12.1 Å². The van der Waals surface area contributed by atoms with E-state index in [1.165, 1.54) is 22.5 Å². The van der Waals surface area contributed by atoms with Crippen LogP contribution in [0.4, 0.5) is 23.2 Å². The Morgan fingerprint density at radius 2 is 1.53 bits per heavy atom. The molecular weight excluding hydrogens is 632 g/mol. The van der Waals surface area contributed by atoms with Gasteiger partial charge in [-0.25, -0.2) is 12.8 Å². The number of sulfonamides is 1. The molecule has 45 heavy (non-hydrogen) atoms. The number of aliphatic hydroxyl groups is 1. The monoisotopic (exact) mass is 662 g/mol. The first kappa shape index (κ1) is 30.5. The summed E-state index contributed by atoms with van der Waals surface area (Å²) in [5, 5.41) is 14.3. The van der Waals surface area contributed by atoms with Gasteiger partial charge in [0, 0.05) is 16.0 Å². The third-order valence-electron chi connectivity index (χ3n) is 10.3. The Labute approximate surface area is 263 Å². The second kappa shape index (κ2) is 10.2. The fraction of sp³-hybridized carbons (Fsp3) is 0.424. The fourth-order valence-electron chi connectivity index (χ4n) is 7.48. The SMILES string of the molecule is O=C(NC1(c2ccc(Cl)cc2)CC1)c1ccc2c(c1)C1(CCC(O)(C(F)(F)F)CC1)C(C1CC1)N2S(=O)(=O)c1ccc(F)cc1. The molecule has 2 N–H and O–H groups in total. The van der Waals surface area contributed by atoms with Crippen molar-refractivity contribution >= 4 is 33.2 Å². The molecule has 1 spiro atoms. The molecule has 3 aromatic rings. The minimum absolute atomic E-state index is 0.119. The van der Waals surface area contributed by atoms with Crippen molar-refractivity contribution in [2.45, 2.75) is 85.0 Å². The highest BCUT2D eigenvalue weighted by Gasteiger charge is 2.65. The average Bonchev–Trinajstić information content (AvgIpc) is 3.94. The van der Waals surface area contributed by atoms with Gasteiger partial charge in [0.05, 0.1) is 22.2 Å². The summed E-state index contributed by atoms with van der Waals surface area (Å²) in [4.78, 5) is 13.6. The first-order chi connectivity index (χ1) is 21.2. The second-order valence-corrected chi connectivity index (χ2v) is 15.2. The molecule has 3 fully saturated rings. The Hall–Kier alpha value is -3.15. The number of nitrogens with zero attached hydrogens (tertiary/aromatic N) is 1. The summed E-state index contributed by atoms with van der Waals surface area (Å²) < 4.78 is 85.3. The first-order valence-corrected chi connectivity index (χ1v) is 16.8. The van der Waals surface area contributed by atoms with E-state index in [0.29, 0.717) is 29.1 Å². The second-order valence-electron chi connectivity index (χ2n) is 13.0. The summed E-state index contributed by atoms with van der Waals surface area (Å²) in [5.41, 5.74) is -2.57. The van der Waals surface area contributed by atoms with E-state index in [1.54, 1.807) is 24.3 Å². The van der Waals surface area contributed by atoms with Gasteiger partial charge in [0.2, 0.25) is 0 Å². The molecule has 0 bridgehead atoms. The number of rotatable bonds is 6. The van der Waals surface area contributed by atoms with Crippen LogP contribution in [0, 0.1) is 11.7 Å². The molecule has 238 valence electrons. The normalized spacial score (nSPS) is 27.3. The number of nitrogens with one attached hydrogen (secondary N) is 1. The molecule has 6 nitrogen and oxygen atoms in total. The van der Waals surface area contributed by atoms with E-state index >= 15 is 0 Å². The lowest BCUT2D eigenvalue weighted by molar-refractivity contribution is -0.273. The number of anilines is 1. The number of fused-ring (bicyclic) bond motifs is 2. The van der Waals surface area contributed by atoms with Crippen molar-refractivity contribution in [3.8, 4) is 0 Å². The quantitative estimate of drug-likeness (QED) is 0.279. The van der Waals surface area contributed by atoms with Crippen LogP contribution < -0.4 is 9.62 Å². The van der Waals surface area contributed by atoms with Crippen molar-refractivity contribution < 1.29 is 35.9 Å². The molecule has 12 heteroatoms. The molecule has 1 amide bonds. The van der Waals surface area contributed by atoms with Crippen molar-refractivity contribution in [3.05, 3.63) is 94.3 Å². The van der Waals surface area contributed by atoms with Gasteiger partial charge in [-0.15, -0.1) is 0 Å². The molecule has 0 radical (unpaired) electrons. The molecule has 1 atom stereocenters. The molecular formula is C33H31ClF4N2O4S. The molecule has 1 unspecified atom stereocenters. The van der Waals surface area contributed by atoms with Gasteiger partial charge in [-0.1, -0.05) is 23.7 Å². The van der Waals surface area contributed by atoms with Gasteiger partial charge >= 0.3 is 6.18 Å². The highest BCUT2D eigenvalue weighted by Crippen LogP contribution is 2.62. The van der Waals surface area contributed by atoms with Crippen molar-refractivity contribution in [1.29, 1.82) is 0 Å². The van der Waals surface area contributed by atoms with Crippen LogP contribution in [0.2, 0.25) is 5.02 Å². The molecule has 1 heterocycles. The molecule has 0 aromatic heterocycles. The summed E-state index contributed by atoms with van der Waals surface area (Å²) in [6, 6.07) is 15.7. The summed E-state index contributed by atoms with van der Waals surface area (Å²) in [6.45, 7) is 0. The maximum Gasteiger partial charge on any atom is 0.417 e. The standard InChI is InChI=1S/C33H31ClF4N2O4S/c34-23-6-4-22(5-7-23)31(15-16-31)39-29(41)21-3-12-27-26(19-21)30(13-17-32(42,18-14-30)33(36,37)38)28(20-1-2-20)40(27)45(43,44)25-10-8-24(35)9-11-25/h3-12,19-20,28,42H,1-2,13-18H2,(H,39,41). The zero-order valence-corrected chi connectivity index (χ0v) is 25.7. The van der Waals surface area contributed by atoms with Crippen LogP contribution in [-0.4, -0.2) is 37.3 Å². The van der Waals surface area contributed by atoms with Crippen LogP contribution in [-0.2, 0) is 21.0 Å². The number of hydrogen-bond acceptors (Lipinski definition) is 4. The summed E-state index contributed by atoms with van der Waals surface area (Å²) >= 11 is 6.05. The third kappa shape index (κ3) is 4.93. The number of alkyl halides is 3. The van der Waals surface area contributed by atoms with Crippen LogP contribution in [0.25, 0.3) is 0 Å². The van der Waals surface area contributed by atoms with E-state index in [2.05, 4.69) is 5.32 Å². The summed E-state index contributed by atoms with van der Waals surface area (Å²) in [7, 11) is -4.28. The Morgan fingerprint density at radius 3 is 2.09 bits per heavy atom. The van der Waals surface area contributed by atoms with E-state index in [4.69, 9.17) is 11.6 Å². The Morgan fingerprint density at radius 1 is 0.911 bits per heavy atom. The largest absolute Gasteiger partial charge is 0.417 e. The van der Waals surface area contributed by atoms with Gasteiger partial charge in [0.15, 0.2) is 5.60 Å². The molecule has 1 aliphatic heterocycles. The lowest BCUT2D eigenvalue weighted by atomic mass is 9.61. The summed E-state index contributed by atoms with van der Waals surface area (Å²) in [5.74, 6) is -1.11. The van der Waals surface area contributed by atoms with Gasteiger partial charge < -0.3 is 10.4 Å². The molecule has 4 aliphatic rings. The highest BCUT2D eigenvalue weighted by molar-refractivity contribution is 7.92. The van der Waals surface area contributed by atoms with Crippen LogP contribution in [0.3, 0.4) is 0 Å². The fourth-order valence-corrected chi connectivity index (χ4v) is 9.41. The Balaban J connectivity index is 1.31. The van der Waals surface area contributed by atoms with Crippen LogP contribution in [0.1, 0.15) is 72.9 Å². The van der Waals surface area contributed by atoms with Gasteiger partial charge in [0.1, 0.15) is 5.82 Å². The average molecular weight is 663 g/mol. The van der Waals surface area contributed by atoms with E-state index in [9.17, 15) is 35.9 Å². The van der Waals surface area contributed by atoms with Gasteiger partial charge in [0.25, 0.3) is 15.9 Å². The van der Waals surface area contributed by atoms with Crippen molar-refractivity contribution in [2.75, 3.05) is 4.31 Å². The molecule has 7 rings (SSSR count). The smallest absolute Gasteiger partial charge is 0.380 e. The van der Waals surface area contributed by atoms with Crippen molar-refractivity contribution in [2.24, 2.45) is 5.92 Å². The molecule has 3 aliphatic carbocycles. The van der Waals surface area contributed by atoms with Crippen LogP contribution in [0.15, 0.2) is 71.6 Å². The maximum atomic E-state index is 14.2. The van der Waals surface area contributed by atoms with Crippen molar-refractivity contribution in [1.82, 2.24) is 5.32 Å². The zero-order valence-electron chi connectivity index (χ0n) is 24.1.